The number of benzene rings is 2. The zero-order valence-corrected chi connectivity index (χ0v) is 20.4. The molecule has 1 aliphatic heterocycles. The summed E-state index contributed by atoms with van der Waals surface area (Å²) in [7, 11) is -3.40. The molecule has 0 bridgehead atoms. The van der Waals surface area contributed by atoms with Gasteiger partial charge in [-0.2, -0.15) is 0 Å². The monoisotopic (exact) mass is 486 g/mol. The Morgan fingerprint density at radius 2 is 1.91 bits per heavy atom. The van der Waals surface area contributed by atoms with E-state index in [4.69, 9.17) is 0 Å². The van der Waals surface area contributed by atoms with Gasteiger partial charge in [-0.3, -0.25) is 4.79 Å². The molecule has 0 radical (unpaired) electrons. The van der Waals surface area contributed by atoms with Crippen molar-refractivity contribution in [1.29, 1.82) is 0 Å². The average molecular weight is 487 g/mol. The van der Waals surface area contributed by atoms with Gasteiger partial charge in [0.25, 0.3) is 0 Å². The Morgan fingerprint density at radius 3 is 2.50 bits per heavy atom. The average Bonchev–Trinajstić information content (AvgIpc) is 3.62. The number of hydrogen-bond acceptors (Lipinski definition) is 6. The van der Waals surface area contributed by atoms with Gasteiger partial charge in [-0.1, -0.05) is 11.6 Å². The van der Waals surface area contributed by atoms with Gasteiger partial charge in [0.2, 0.25) is 0 Å². The summed E-state index contributed by atoms with van der Waals surface area (Å²) in [6.07, 6.45) is 5.68. The molecule has 0 spiro atoms. The zero-order valence-electron chi connectivity index (χ0n) is 19.6. The number of ketones is 1. The second-order valence-corrected chi connectivity index (χ2v) is 11.3. The minimum atomic E-state index is -3.40. The van der Waals surface area contributed by atoms with Crippen molar-refractivity contribution in [2.75, 3.05) is 36.1 Å². The molecule has 1 unspecified atom stereocenters. The van der Waals surface area contributed by atoms with Crippen LogP contribution in [0, 0.1) is 11.7 Å². The molecular formula is C26H31FN2O4S. The van der Waals surface area contributed by atoms with E-state index >= 15 is 0 Å². The summed E-state index contributed by atoms with van der Waals surface area (Å²) in [5, 5.41) is 14.4. The normalized spacial score (nSPS) is 17.4. The van der Waals surface area contributed by atoms with E-state index in [-0.39, 0.29) is 10.7 Å². The molecule has 2 N–H and O–H groups in total. The van der Waals surface area contributed by atoms with Gasteiger partial charge in [0.15, 0.2) is 15.6 Å². The van der Waals surface area contributed by atoms with Crippen LogP contribution in [0.3, 0.4) is 0 Å². The molecule has 6 nitrogen and oxygen atoms in total. The molecule has 2 aromatic carbocycles. The number of aliphatic hydroxyl groups excluding tert-OH is 1. The molecule has 0 amide bonds. The van der Waals surface area contributed by atoms with Gasteiger partial charge >= 0.3 is 0 Å². The van der Waals surface area contributed by atoms with Crippen LogP contribution in [0.1, 0.15) is 54.6 Å². The first-order valence-electron chi connectivity index (χ1n) is 11.6. The highest BCUT2D eigenvalue weighted by Gasteiger charge is 2.23. The van der Waals surface area contributed by atoms with Gasteiger partial charge in [-0.25, -0.2) is 12.8 Å². The predicted octanol–water partition coefficient (Wildman–Crippen LogP) is 4.51. The van der Waals surface area contributed by atoms with E-state index < -0.39 is 21.8 Å². The molecule has 1 saturated carbocycles. The van der Waals surface area contributed by atoms with Crippen molar-refractivity contribution in [2.45, 2.75) is 43.6 Å². The Hall–Kier alpha value is -2.71. The van der Waals surface area contributed by atoms with E-state index in [0.717, 1.165) is 24.1 Å². The minimum Gasteiger partial charge on any atom is -0.384 e. The number of sulfone groups is 1. The van der Waals surface area contributed by atoms with Crippen LogP contribution in [0.15, 0.2) is 52.9 Å². The summed E-state index contributed by atoms with van der Waals surface area (Å²) in [5.74, 6) is 0.0468. The van der Waals surface area contributed by atoms with Gasteiger partial charge in [0.1, 0.15) is 5.82 Å². The number of Topliss-reactive ketones (excluding diaryl/α,β-unsaturated/α-hetero) is 1. The first-order chi connectivity index (χ1) is 16.1. The van der Waals surface area contributed by atoms with Gasteiger partial charge in [0, 0.05) is 42.7 Å². The number of nitrogens with zero attached hydrogens (tertiary/aromatic N) is 1. The molecule has 182 valence electrons. The van der Waals surface area contributed by atoms with Crippen LogP contribution in [-0.2, 0) is 9.84 Å². The fourth-order valence-electron chi connectivity index (χ4n) is 4.25. The van der Waals surface area contributed by atoms with Crippen LogP contribution in [-0.4, -0.2) is 45.2 Å². The second-order valence-electron chi connectivity index (χ2n) is 9.32. The highest BCUT2D eigenvalue weighted by molar-refractivity contribution is 7.90. The third-order valence-electron chi connectivity index (χ3n) is 6.54. The lowest BCUT2D eigenvalue weighted by Crippen LogP contribution is -2.31. The first kappa shape index (κ1) is 24.4. The summed E-state index contributed by atoms with van der Waals surface area (Å²) < 4.78 is 38.7. The predicted molar refractivity (Wildman–Crippen MR) is 132 cm³/mol. The molecule has 1 heterocycles. The molecule has 1 atom stereocenters. The fourth-order valence-corrected chi connectivity index (χ4v) is 4.91. The van der Waals surface area contributed by atoms with Crippen molar-refractivity contribution in [3.05, 3.63) is 65.0 Å². The zero-order chi connectivity index (χ0) is 24.5. The Labute approximate surface area is 200 Å². The van der Waals surface area contributed by atoms with Crippen LogP contribution in [0.4, 0.5) is 15.8 Å². The van der Waals surface area contributed by atoms with E-state index in [1.165, 1.54) is 25.8 Å². The number of piperidine rings is 1. The Morgan fingerprint density at radius 1 is 1.21 bits per heavy atom. The molecule has 34 heavy (non-hydrogen) atoms. The fraction of sp³-hybridized carbons (Fsp3) is 0.423. The third-order valence-corrected chi connectivity index (χ3v) is 7.65. The van der Waals surface area contributed by atoms with E-state index in [1.807, 2.05) is 4.90 Å². The summed E-state index contributed by atoms with van der Waals surface area (Å²) >= 11 is 0. The number of halogens is 1. The minimum absolute atomic E-state index is 0.172. The molecule has 1 saturated heterocycles. The number of carbonyl (C=O) groups is 1. The van der Waals surface area contributed by atoms with E-state index in [0.29, 0.717) is 48.7 Å². The summed E-state index contributed by atoms with van der Waals surface area (Å²) in [6, 6.07) is 9.40. The number of hydrogen-bond donors (Lipinski definition) is 2. The lowest BCUT2D eigenvalue weighted by molar-refractivity contribution is 0.101. The maximum atomic E-state index is 14.5. The van der Waals surface area contributed by atoms with Crippen molar-refractivity contribution >= 4 is 27.0 Å². The number of anilines is 2. The Kier molecular flexibility index (Phi) is 7.09. The second kappa shape index (κ2) is 9.88. The van der Waals surface area contributed by atoms with Gasteiger partial charge in [0.05, 0.1) is 16.7 Å². The molecular weight excluding hydrogens is 455 g/mol. The lowest BCUT2D eigenvalue weighted by Gasteiger charge is -2.31. The van der Waals surface area contributed by atoms with Crippen LogP contribution >= 0.6 is 0 Å². The number of carbonyl (C=O) groups excluding carboxylic acids is 1. The van der Waals surface area contributed by atoms with Crippen LogP contribution < -0.4 is 10.2 Å². The highest BCUT2D eigenvalue weighted by Crippen LogP contribution is 2.33. The van der Waals surface area contributed by atoms with Crippen molar-refractivity contribution in [3.8, 4) is 0 Å². The largest absolute Gasteiger partial charge is 0.384 e. The van der Waals surface area contributed by atoms with Gasteiger partial charge in [-0.05, 0) is 74.9 Å². The van der Waals surface area contributed by atoms with Crippen LogP contribution in [0.2, 0.25) is 0 Å². The molecule has 1 aliphatic carbocycles. The number of aliphatic hydroxyl groups is 1. The van der Waals surface area contributed by atoms with E-state index in [9.17, 15) is 22.7 Å². The van der Waals surface area contributed by atoms with Gasteiger partial charge in [-0.15, -0.1) is 0 Å². The maximum absolute atomic E-state index is 14.5. The Bertz CT molecular complexity index is 1210. The quantitative estimate of drug-likeness (QED) is 0.422. The maximum Gasteiger partial charge on any atom is 0.175 e. The standard InChI is InChI=1S/C26H31FN2O4S/c1-17(30)20-5-8-25(23(27)14-20)29-11-9-18(10-12-29)13-26(31)22-15-21(34(2,32)33)6-7-24(22)28-16-19-3-4-19/h5-8,13-15,19,26,28,31H,3-4,9-12,16H2,1-2H3. The highest BCUT2D eigenvalue weighted by atomic mass is 32.2. The molecule has 2 aromatic rings. The molecule has 2 aliphatic rings. The first-order valence-corrected chi connectivity index (χ1v) is 13.5. The lowest BCUT2D eigenvalue weighted by atomic mass is 9.98. The smallest absolute Gasteiger partial charge is 0.175 e. The Balaban J connectivity index is 1.49. The SMILES string of the molecule is CC(=O)c1ccc(N2CCC(=CC(O)c3cc(S(C)(=O)=O)ccc3NCC3CC3)CC2)c(F)c1. The van der Waals surface area contributed by atoms with Crippen molar-refractivity contribution < 1.29 is 22.7 Å². The molecule has 0 aromatic heterocycles. The third kappa shape index (κ3) is 5.85. The van der Waals surface area contributed by atoms with Gasteiger partial charge < -0.3 is 15.3 Å². The topological polar surface area (TPSA) is 86.7 Å². The van der Waals surface area contributed by atoms with E-state index in [1.54, 1.807) is 36.4 Å². The van der Waals surface area contributed by atoms with Crippen molar-refractivity contribution in [1.82, 2.24) is 0 Å². The van der Waals surface area contributed by atoms with Crippen molar-refractivity contribution in [2.24, 2.45) is 5.92 Å². The van der Waals surface area contributed by atoms with Crippen LogP contribution in [0.5, 0.6) is 0 Å². The van der Waals surface area contributed by atoms with Crippen molar-refractivity contribution in [3.63, 3.8) is 0 Å². The number of rotatable bonds is 8. The summed E-state index contributed by atoms with van der Waals surface area (Å²) in [6.45, 7) is 3.39. The van der Waals surface area contributed by atoms with Crippen LogP contribution in [0.25, 0.3) is 0 Å². The molecule has 8 heteroatoms. The number of nitrogens with one attached hydrogen (secondary N) is 1. The molecule has 2 fully saturated rings. The molecule has 4 rings (SSSR count). The summed E-state index contributed by atoms with van der Waals surface area (Å²) in [5.41, 5.74) is 3.15. The van der Waals surface area contributed by atoms with E-state index in [2.05, 4.69) is 5.32 Å². The summed E-state index contributed by atoms with van der Waals surface area (Å²) in [4.78, 5) is 13.6.